The molecule has 0 radical (unpaired) electrons. The van der Waals surface area contributed by atoms with Gasteiger partial charge in [0, 0.05) is 6.07 Å². The average Bonchev–Trinajstić information content (AvgIpc) is 2.35. The number of rotatable bonds is 3. The third kappa shape index (κ3) is 2.27. The summed E-state index contributed by atoms with van der Waals surface area (Å²) in [5, 5.41) is 0. The first-order valence-corrected chi connectivity index (χ1v) is 3.75. The number of furan rings is 1. The Morgan fingerprint density at radius 1 is 1.55 bits per heavy atom. The van der Waals surface area contributed by atoms with Crippen LogP contribution in [-0.4, -0.2) is 18.5 Å². The molecule has 0 atom stereocenters. The molecular weight excluding hydrogens is 140 g/mol. The second-order valence-corrected chi connectivity index (χ2v) is 2.63. The zero-order valence-corrected chi connectivity index (χ0v) is 7.00. The topological polar surface area (TPSA) is 42.4 Å². The van der Waals surface area contributed by atoms with Crippen LogP contribution in [0, 0.1) is 0 Å². The second kappa shape index (κ2) is 3.44. The van der Waals surface area contributed by atoms with E-state index in [-0.39, 0.29) is 0 Å². The van der Waals surface area contributed by atoms with Crippen molar-refractivity contribution in [1.29, 1.82) is 0 Å². The van der Waals surface area contributed by atoms with E-state index in [4.69, 9.17) is 10.2 Å². The van der Waals surface area contributed by atoms with Gasteiger partial charge in [-0.3, -0.25) is 4.90 Å². The Kier molecular flexibility index (Phi) is 2.54. The molecule has 11 heavy (non-hydrogen) atoms. The molecular formula is C8H14N2O. The number of anilines is 1. The van der Waals surface area contributed by atoms with Gasteiger partial charge in [0.05, 0.1) is 6.54 Å². The number of nitrogens with zero attached hydrogens (tertiary/aromatic N) is 1. The molecule has 3 heteroatoms. The molecule has 0 aromatic carbocycles. The lowest BCUT2D eigenvalue weighted by Gasteiger charge is -2.10. The van der Waals surface area contributed by atoms with Gasteiger partial charge in [-0.1, -0.05) is 6.92 Å². The minimum absolute atomic E-state index is 0.490. The van der Waals surface area contributed by atoms with E-state index in [0.717, 1.165) is 18.8 Å². The van der Waals surface area contributed by atoms with E-state index in [1.165, 1.54) is 0 Å². The lowest BCUT2D eigenvalue weighted by atomic mass is 10.4. The van der Waals surface area contributed by atoms with Crippen LogP contribution >= 0.6 is 0 Å². The van der Waals surface area contributed by atoms with Crippen molar-refractivity contribution in [3.63, 3.8) is 0 Å². The van der Waals surface area contributed by atoms with Gasteiger partial charge >= 0.3 is 0 Å². The highest BCUT2D eigenvalue weighted by Crippen LogP contribution is 2.10. The fraction of sp³-hybridized carbons (Fsp3) is 0.500. The average molecular weight is 154 g/mol. The number of nitrogens with two attached hydrogens (primary N) is 1. The summed E-state index contributed by atoms with van der Waals surface area (Å²) in [7, 11) is 2.04. The lowest BCUT2D eigenvalue weighted by Crippen LogP contribution is -2.16. The molecule has 1 aromatic rings. The van der Waals surface area contributed by atoms with Crippen LogP contribution in [0.5, 0.6) is 0 Å². The maximum atomic E-state index is 5.41. The van der Waals surface area contributed by atoms with Gasteiger partial charge in [-0.2, -0.15) is 0 Å². The molecule has 62 valence electrons. The van der Waals surface area contributed by atoms with Crippen LogP contribution in [0.25, 0.3) is 0 Å². The Morgan fingerprint density at radius 3 is 2.73 bits per heavy atom. The molecule has 0 bridgehead atoms. The summed E-state index contributed by atoms with van der Waals surface area (Å²) in [5.74, 6) is 1.41. The van der Waals surface area contributed by atoms with Gasteiger partial charge in [-0.05, 0) is 19.7 Å². The molecule has 1 aromatic heterocycles. The van der Waals surface area contributed by atoms with E-state index in [9.17, 15) is 0 Å². The van der Waals surface area contributed by atoms with E-state index in [0.29, 0.717) is 5.88 Å². The van der Waals surface area contributed by atoms with Crippen molar-refractivity contribution in [3.05, 3.63) is 17.9 Å². The molecule has 1 heterocycles. The molecule has 0 spiro atoms. The number of hydrogen-bond donors (Lipinski definition) is 1. The Balaban J connectivity index is 2.50. The van der Waals surface area contributed by atoms with Crippen LogP contribution in [0.2, 0.25) is 0 Å². The Bertz CT molecular complexity index is 220. The van der Waals surface area contributed by atoms with Crippen molar-refractivity contribution in [3.8, 4) is 0 Å². The molecule has 0 unspecified atom stereocenters. The second-order valence-electron chi connectivity index (χ2n) is 2.63. The van der Waals surface area contributed by atoms with Crippen molar-refractivity contribution < 1.29 is 4.42 Å². The number of hydrogen-bond acceptors (Lipinski definition) is 3. The predicted molar refractivity (Wildman–Crippen MR) is 45.1 cm³/mol. The molecule has 0 aliphatic carbocycles. The smallest absolute Gasteiger partial charge is 0.190 e. The third-order valence-corrected chi connectivity index (χ3v) is 1.65. The fourth-order valence-electron chi connectivity index (χ4n) is 0.857. The minimum atomic E-state index is 0.490. The van der Waals surface area contributed by atoms with Gasteiger partial charge in [0.25, 0.3) is 0 Å². The first-order chi connectivity index (χ1) is 5.22. The minimum Gasteiger partial charge on any atom is -0.445 e. The zero-order valence-electron chi connectivity index (χ0n) is 7.00. The highest BCUT2D eigenvalue weighted by Gasteiger charge is 2.00. The van der Waals surface area contributed by atoms with E-state index in [1.54, 1.807) is 6.07 Å². The summed E-state index contributed by atoms with van der Waals surface area (Å²) in [6, 6.07) is 3.68. The highest BCUT2D eigenvalue weighted by atomic mass is 16.4. The van der Waals surface area contributed by atoms with Crippen LogP contribution in [-0.2, 0) is 6.54 Å². The van der Waals surface area contributed by atoms with Gasteiger partial charge in [0.15, 0.2) is 5.88 Å². The van der Waals surface area contributed by atoms with Gasteiger partial charge in [0.2, 0.25) is 0 Å². The van der Waals surface area contributed by atoms with Gasteiger partial charge in [-0.15, -0.1) is 0 Å². The monoisotopic (exact) mass is 154 g/mol. The van der Waals surface area contributed by atoms with Crippen molar-refractivity contribution in [2.45, 2.75) is 13.5 Å². The maximum absolute atomic E-state index is 5.41. The van der Waals surface area contributed by atoms with E-state index in [2.05, 4.69) is 11.8 Å². The largest absolute Gasteiger partial charge is 0.445 e. The van der Waals surface area contributed by atoms with Crippen molar-refractivity contribution in [2.75, 3.05) is 19.3 Å². The Hall–Kier alpha value is -0.960. The maximum Gasteiger partial charge on any atom is 0.190 e. The van der Waals surface area contributed by atoms with Gasteiger partial charge < -0.3 is 10.2 Å². The molecule has 0 amide bonds. The first-order valence-electron chi connectivity index (χ1n) is 3.75. The number of nitrogen functional groups attached to an aromatic ring is 1. The van der Waals surface area contributed by atoms with E-state index in [1.807, 2.05) is 13.1 Å². The zero-order chi connectivity index (χ0) is 8.27. The van der Waals surface area contributed by atoms with E-state index >= 15 is 0 Å². The van der Waals surface area contributed by atoms with Crippen LogP contribution in [0.1, 0.15) is 12.7 Å². The van der Waals surface area contributed by atoms with Crippen molar-refractivity contribution in [2.24, 2.45) is 0 Å². The van der Waals surface area contributed by atoms with Crippen LogP contribution < -0.4 is 5.73 Å². The summed E-state index contributed by atoms with van der Waals surface area (Å²) in [5.41, 5.74) is 5.41. The molecule has 3 nitrogen and oxygen atoms in total. The van der Waals surface area contributed by atoms with Gasteiger partial charge in [-0.25, -0.2) is 0 Å². The van der Waals surface area contributed by atoms with E-state index < -0.39 is 0 Å². The quantitative estimate of drug-likeness (QED) is 0.713. The SMILES string of the molecule is CCN(C)Cc1ccc(N)o1. The highest BCUT2D eigenvalue weighted by molar-refractivity contribution is 5.25. The molecule has 0 aliphatic rings. The summed E-state index contributed by atoms with van der Waals surface area (Å²) in [6.45, 7) is 3.95. The molecule has 0 saturated heterocycles. The molecule has 1 rings (SSSR count). The lowest BCUT2D eigenvalue weighted by molar-refractivity contribution is 0.312. The van der Waals surface area contributed by atoms with Crippen molar-refractivity contribution >= 4 is 5.88 Å². The predicted octanol–water partition coefficient (Wildman–Crippen LogP) is 1.31. The van der Waals surface area contributed by atoms with Crippen LogP contribution in [0.15, 0.2) is 16.5 Å². The first kappa shape index (κ1) is 8.14. The Morgan fingerprint density at radius 2 is 2.27 bits per heavy atom. The standard InChI is InChI=1S/C8H14N2O/c1-3-10(2)6-7-4-5-8(9)11-7/h4-5H,3,6,9H2,1-2H3. The molecule has 0 fully saturated rings. The van der Waals surface area contributed by atoms with Crippen molar-refractivity contribution in [1.82, 2.24) is 4.90 Å². The Labute approximate surface area is 66.8 Å². The third-order valence-electron chi connectivity index (χ3n) is 1.65. The summed E-state index contributed by atoms with van der Waals surface area (Å²) in [6.07, 6.45) is 0. The van der Waals surface area contributed by atoms with Crippen LogP contribution in [0.4, 0.5) is 5.88 Å². The normalized spacial score (nSPS) is 10.8. The van der Waals surface area contributed by atoms with Gasteiger partial charge in [0.1, 0.15) is 5.76 Å². The van der Waals surface area contributed by atoms with Crippen LogP contribution in [0.3, 0.4) is 0 Å². The summed E-state index contributed by atoms with van der Waals surface area (Å²) >= 11 is 0. The fourth-order valence-corrected chi connectivity index (χ4v) is 0.857. The molecule has 0 saturated carbocycles. The molecule has 2 N–H and O–H groups in total. The summed E-state index contributed by atoms with van der Waals surface area (Å²) in [4.78, 5) is 2.15. The molecule has 0 aliphatic heterocycles. The summed E-state index contributed by atoms with van der Waals surface area (Å²) < 4.78 is 5.19.